The Kier molecular flexibility index (Phi) is 13.2. The molecule has 0 amide bonds. The molecule has 0 N–H and O–H groups in total. The normalized spacial score (nSPS) is 12.3. The van der Waals surface area contributed by atoms with Gasteiger partial charge in [-0.05, 0) is 75.2 Å². The van der Waals surface area contributed by atoms with Gasteiger partial charge in [-0.15, -0.1) is 0 Å². The third-order valence-electron chi connectivity index (χ3n) is 5.81. The van der Waals surface area contributed by atoms with Crippen LogP contribution in [0, 0.1) is 0 Å². The fourth-order valence-electron chi connectivity index (χ4n) is 3.72. The molecule has 2 aromatic rings. The maximum absolute atomic E-state index is 11.9. The second kappa shape index (κ2) is 16.7. The number of allylic oxidation sites excluding steroid dienone is 10. The Morgan fingerprint density at radius 3 is 1.19 bits per heavy atom. The number of hydrogen-bond donors (Lipinski definition) is 0. The summed E-state index contributed by atoms with van der Waals surface area (Å²) in [4.78, 5) is 16.6. The van der Waals surface area contributed by atoms with E-state index in [1.807, 2.05) is 36.5 Å². The molecule has 0 radical (unpaired) electrons. The van der Waals surface area contributed by atoms with Gasteiger partial charge in [0.15, 0.2) is 5.78 Å². The summed E-state index contributed by atoms with van der Waals surface area (Å²) >= 11 is 0. The summed E-state index contributed by atoms with van der Waals surface area (Å²) in [6, 6.07) is 17.1. The number of carbonyl (C=O) groups is 1. The molecule has 0 heterocycles. The maximum atomic E-state index is 11.9. The van der Waals surface area contributed by atoms with Gasteiger partial charge in [-0.3, -0.25) is 4.79 Å². The quantitative estimate of drug-likeness (QED) is 0.203. The average Bonchev–Trinajstić information content (AvgIpc) is 2.91. The van der Waals surface area contributed by atoms with Gasteiger partial charge >= 0.3 is 0 Å². The minimum absolute atomic E-state index is 0.0451. The van der Waals surface area contributed by atoms with Crippen molar-refractivity contribution in [1.82, 2.24) is 0 Å². The van der Waals surface area contributed by atoms with Crippen LogP contribution in [0.4, 0.5) is 11.4 Å². The third-order valence-corrected chi connectivity index (χ3v) is 5.81. The average molecular weight is 481 g/mol. The number of ketones is 1. The highest BCUT2D eigenvalue weighted by Crippen LogP contribution is 2.16. The molecule has 3 nitrogen and oxygen atoms in total. The third kappa shape index (κ3) is 10.2. The molecule has 0 fully saturated rings. The van der Waals surface area contributed by atoms with Gasteiger partial charge in [-0.25, -0.2) is 0 Å². The molecule has 0 aliphatic heterocycles. The first-order valence-electron chi connectivity index (χ1n) is 12.9. The summed E-state index contributed by atoms with van der Waals surface area (Å²) in [5, 5.41) is 0. The van der Waals surface area contributed by atoms with Crippen molar-refractivity contribution < 1.29 is 4.79 Å². The smallest absolute Gasteiger partial charge is 0.178 e. The van der Waals surface area contributed by atoms with Crippen LogP contribution in [0.25, 0.3) is 12.2 Å². The molecular weight excluding hydrogens is 440 g/mol. The van der Waals surface area contributed by atoms with Crippen molar-refractivity contribution in [3.05, 3.63) is 120 Å². The fraction of sp³-hybridized carbons (Fsp3) is 0.242. The van der Waals surface area contributed by atoms with Crippen molar-refractivity contribution in [2.24, 2.45) is 0 Å². The lowest BCUT2D eigenvalue weighted by molar-refractivity contribution is -0.110. The minimum Gasteiger partial charge on any atom is -0.372 e. The van der Waals surface area contributed by atoms with E-state index in [-0.39, 0.29) is 5.78 Å². The summed E-state index contributed by atoms with van der Waals surface area (Å²) in [5.41, 5.74) is 4.79. The number of hydrogen-bond acceptors (Lipinski definition) is 3. The first-order valence-corrected chi connectivity index (χ1v) is 12.9. The van der Waals surface area contributed by atoms with Gasteiger partial charge in [-0.1, -0.05) is 85.0 Å². The van der Waals surface area contributed by atoms with Crippen molar-refractivity contribution in [2.45, 2.75) is 27.7 Å². The number of benzene rings is 2. The molecule has 0 atom stereocenters. The van der Waals surface area contributed by atoms with Crippen LogP contribution >= 0.6 is 0 Å². The second-order valence-corrected chi connectivity index (χ2v) is 8.14. The molecule has 0 saturated carbocycles. The zero-order chi connectivity index (χ0) is 26.0. The van der Waals surface area contributed by atoms with E-state index >= 15 is 0 Å². The van der Waals surface area contributed by atoms with Crippen molar-refractivity contribution >= 4 is 29.3 Å². The van der Waals surface area contributed by atoms with Gasteiger partial charge in [0.2, 0.25) is 0 Å². The van der Waals surface area contributed by atoms with E-state index in [2.05, 4.69) is 98.2 Å². The zero-order valence-electron chi connectivity index (χ0n) is 22.2. The van der Waals surface area contributed by atoms with Crippen LogP contribution in [0.15, 0.2) is 109 Å². The van der Waals surface area contributed by atoms with Crippen LogP contribution in [0.5, 0.6) is 0 Å². The standard InChI is InChI=1S/C33H40N2O/c1-5-34(6-2)31-25-21-29(22-26-31)17-13-9-11-15-19-33(36)20-16-12-10-14-18-30-23-27-32(28-24-30)35(7-3)8-4/h9-28H,5-8H2,1-4H3/b11-9+,12-10+,17-13+,18-14+,19-15+,20-16+. The van der Waals surface area contributed by atoms with Crippen molar-refractivity contribution in [1.29, 1.82) is 0 Å². The lowest BCUT2D eigenvalue weighted by Gasteiger charge is -2.20. The number of carbonyl (C=O) groups excluding carboxylic acids is 1. The predicted molar refractivity (Wildman–Crippen MR) is 160 cm³/mol. The van der Waals surface area contributed by atoms with Gasteiger partial charge < -0.3 is 9.80 Å². The molecule has 0 aromatic heterocycles. The second-order valence-electron chi connectivity index (χ2n) is 8.14. The lowest BCUT2D eigenvalue weighted by Crippen LogP contribution is -2.21. The molecule has 2 rings (SSSR count). The predicted octanol–water partition coefficient (Wildman–Crippen LogP) is 7.90. The summed E-state index contributed by atoms with van der Waals surface area (Å²) in [7, 11) is 0. The van der Waals surface area contributed by atoms with E-state index in [4.69, 9.17) is 0 Å². The van der Waals surface area contributed by atoms with E-state index < -0.39 is 0 Å². The van der Waals surface area contributed by atoms with Crippen LogP contribution in [-0.4, -0.2) is 32.0 Å². The van der Waals surface area contributed by atoms with Gasteiger partial charge in [0.25, 0.3) is 0 Å². The summed E-state index contributed by atoms with van der Waals surface area (Å²) in [6.07, 6.45) is 22.2. The van der Waals surface area contributed by atoms with E-state index in [0.717, 1.165) is 37.3 Å². The molecule has 0 aliphatic carbocycles. The summed E-state index contributed by atoms with van der Waals surface area (Å²) < 4.78 is 0. The number of rotatable bonds is 14. The van der Waals surface area contributed by atoms with E-state index in [1.165, 1.54) is 11.4 Å². The molecule has 0 saturated heterocycles. The minimum atomic E-state index is -0.0451. The lowest BCUT2D eigenvalue weighted by atomic mass is 10.1. The SMILES string of the molecule is CCN(CC)c1ccc(/C=C/C=C/C=C/C(=O)/C=C/C=C/C=C/c2ccc(N(CC)CC)cc2)cc1. The van der Waals surface area contributed by atoms with Crippen LogP contribution < -0.4 is 9.80 Å². The Morgan fingerprint density at radius 1 is 0.528 bits per heavy atom. The van der Waals surface area contributed by atoms with Crippen LogP contribution in [0.2, 0.25) is 0 Å². The van der Waals surface area contributed by atoms with Crippen molar-refractivity contribution in [2.75, 3.05) is 36.0 Å². The van der Waals surface area contributed by atoms with Gasteiger partial charge in [-0.2, -0.15) is 0 Å². The van der Waals surface area contributed by atoms with Gasteiger partial charge in [0.05, 0.1) is 0 Å². The molecule has 0 aliphatic rings. The van der Waals surface area contributed by atoms with Crippen molar-refractivity contribution in [3.8, 4) is 0 Å². The van der Waals surface area contributed by atoms with Crippen LogP contribution in [0.1, 0.15) is 38.8 Å². The fourth-order valence-corrected chi connectivity index (χ4v) is 3.72. The summed E-state index contributed by atoms with van der Waals surface area (Å²) in [5.74, 6) is -0.0451. The molecular formula is C33H40N2O. The Hall–Kier alpha value is -3.85. The summed E-state index contributed by atoms with van der Waals surface area (Å²) in [6.45, 7) is 12.7. The largest absolute Gasteiger partial charge is 0.372 e. The first kappa shape index (κ1) is 28.4. The molecule has 0 bridgehead atoms. The Bertz CT molecular complexity index is 988. The molecule has 0 spiro atoms. The number of anilines is 2. The van der Waals surface area contributed by atoms with Gasteiger partial charge in [0, 0.05) is 37.6 Å². The Labute approximate surface area is 218 Å². The highest BCUT2D eigenvalue weighted by molar-refractivity contribution is 5.99. The van der Waals surface area contributed by atoms with E-state index in [9.17, 15) is 4.79 Å². The molecule has 36 heavy (non-hydrogen) atoms. The maximum Gasteiger partial charge on any atom is 0.178 e. The molecule has 0 unspecified atom stereocenters. The van der Waals surface area contributed by atoms with Crippen LogP contribution in [0.3, 0.4) is 0 Å². The number of nitrogens with zero attached hydrogens (tertiary/aromatic N) is 2. The zero-order valence-corrected chi connectivity index (χ0v) is 22.2. The molecule has 2 aromatic carbocycles. The monoisotopic (exact) mass is 480 g/mol. The highest BCUT2D eigenvalue weighted by Gasteiger charge is 2.00. The highest BCUT2D eigenvalue weighted by atomic mass is 16.1. The Balaban J connectivity index is 1.74. The van der Waals surface area contributed by atoms with Crippen LogP contribution in [-0.2, 0) is 4.79 Å². The molecule has 3 heteroatoms. The van der Waals surface area contributed by atoms with Gasteiger partial charge in [0.1, 0.15) is 0 Å². The van der Waals surface area contributed by atoms with E-state index in [1.54, 1.807) is 24.3 Å². The van der Waals surface area contributed by atoms with Crippen molar-refractivity contribution in [3.63, 3.8) is 0 Å². The molecule has 188 valence electrons. The van der Waals surface area contributed by atoms with E-state index in [0.29, 0.717) is 0 Å². The Morgan fingerprint density at radius 2 is 0.861 bits per heavy atom. The first-order chi connectivity index (χ1) is 17.6. The topological polar surface area (TPSA) is 23.6 Å².